The number of rotatable bonds is 2. The molecule has 1 aliphatic heterocycles. The van der Waals surface area contributed by atoms with E-state index < -0.39 is 0 Å². The van der Waals surface area contributed by atoms with Gasteiger partial charge >= 0.3 is 0 Å². The summed E-state index contributed by atoms with van der Waals surface area (Å²) in [5, 5.41) is 11.6. The summed E-state index contributed by atoms with van der Waals surface area (Å²) in [6, 6.07) is 9.94. The number of aromatic nitrogens is 3. The Kier molecular flexibility index (Phi) is 2.85. The second-order valence-corrected chi connectivity index (χ2v) is 3.99. The third-order valence-corrected chi connectivity index (χ3v) is 2.79. The molecule has 17 heavy (non-hydrogen) atoms. The largest absolute Gasteiger partial charge is 0.369 e. The minimum absolute atomic E-state index is 0.0150. The van der Waals surface area contributed by atoms with Crippen LogP contribution in [0.2, 0.25) is 0 Å². The molecule has 1 unspecified atom stereocenters. The van der Waals surface area contributed by atoms with Crippen LogP contribution < -0.4 is 5.32 Å². The smallest absolute Gasteiger partial charge is 0.115 e. The predicted octanol–water partition coefficient (Wildman–Crippen LogP) is 0.928. The molecule has 5 nitrogen and oxygen atoms in total. The summed E-state index contributed by atoms with van der Waals surface area (Å²) >= 11 is 0. The first kappa shape index (κ1) is 10.4. The maximum absolute atomic E-state index is 5.63. The summed E-state index contributed by atoms with van der Waals surface area (Å²) < 4.78 is 7.41. The first-order chi connectivity index (χ1) is 8.43. The van der Waals surface area contributed by atoms with Crippen molar-refractivity contribution in [2.75, 3.05) is 19.7 Å². The number of nitrogens with one attached hydrogen (secondary N) is 1. The fourth-order valence-corrected chi connectivity index (χ4v) is 1.89. The maximum atomic E-state index is 5.63. The summed E-state index contributed by atoms with van der Waals surface area (Å²) in [7, 11) is 0. The highest BCUT2D eigenvalue weighted by atomic mass is 16.5. The number of benzene rings is 1. The van der Waals surface area contributed by atoms with E-state index in [2.05, 4.69) is 15.6 Å². The van der Waals surface area contributed by atoms with Gasteiger partial charge in [-0.1, -0.05) is 23.4 Å². The summed E-state index contributed by atoms with van der Waals surface area (Å²) in [5.74, 6) is 0. The molecule has 1 aromatic heterocycles. The molecule has 1 N–H and O–H groups in total. The van der Waals surface area contributed by atoms with E-state index in [1.54, 1.807) is 4.68 Å². The van der Waals surface area contributed by atoms with Gasteiger partial charge in [-0.05, 0) is 12.1 Å². The van der Waals surface area contributed by atoms with Crippen molar-refractivity contribution < 1.29 is 4.74 Å². The molecule has 1 aliphatic rings. The molecule has 0 spiro atoms. The van der Waals surface area contributed by atoms with Crippen LogP contribution in [0.15, 0.2) is 36.5 Å². The van der Waals surface area contributed by atoms with Gasteiger partial charge in [-0.15, -0.1) is 5.10 Å². The van der Waals surface area contributed by atoms with Gasteiger partial charge in [0.25, 0.3) is 0 Å². The molecular weight excluding hydrogens is 216 g/mol. The quantitative estimate of drug-likeness (QED) is 0.833. The Balaban J connectivity index is 1.83. The molecule has 0 saturated carbocycles. The lowest BCUT2D eigenvalue weighted by atomic mass is 10.2. The van der Waals surface area contributed by atoms with Gasteiger partial charge in [-0.3, -0.25) is 0 Å². The van der Waals surface area contributed by atoms with Crippen LogP contribution in [-0.4, -0.2) is 34.7 Å². The van der Waals surface area contributed by atoms with Crippen molar-refractivity contribution in [2.45, 2.75) is 6.10 Å². The second-order valence-electron chi connectivity index (χ2n) is 3.99. The lowest BCUT2D eigenvalue weighted by Crippen LogP contribution is -2.33. The van der Waals surface area contributed by atoms with Crippen LogP contribution in [0.25, 0.3) is 5.69 Å². The predicted molar refractivity (Wildman–Crippen MR) is 62.9 cm³/mol. The SMILES string of the molecule is c1ccc(-n2cc(C3CNCCO3)nn2)cc1. The van der Waals surface area contributed by atoms with Crippen LogP contribution in [0.5, 0.6) is 0 Å². The molecule has 1 atom stereocenters. The van der Waals surface area contributed by atoms with Gasteiger partial charge in [0.05, 0.1) is 18.5 Å². The van der Waals surface area contributed by atoms with E-state index in [-0.39, 0.29) is 6.10 Å². The van der Waals surface area contributed by atoms with Crippen molar-refractivity contribution in [3.63, 3.8) is 0 Å². The molecule has 1 saturated heterocycles. The van der Waals surface area contributed by atoms with Crippen molar-refractivity contribution in [3.05, 3.63) is 42.2 Å². The highest BCUT2D eigenvalue weighted by Crippen LogP contribution is 2.16. The normalized spacial score (nSPS) is 20.4. The topological polar surface area (TPSA) is 52.0 Å². The standard InChI is InChI=1S/C12H14N4O/c1-2-4-10(5-3-1)16-9-11(14-15-16)12-8-13-6-7-17-12/h1-5,9,12-13H,6-8H2. The van der Waals surface area contributed by atoms with E-state index in [9.17, 15) is 0 Å². The van der Waals surface area contributed by atoms with Crippen LogP contribution in [0.1, 0.15) is 11.8 Å². The monoisotopic (exact) mass is 230 g/mol. The Morgan fingerprint density at radius 1 is 1.29 bits per heavy atom. The number of ether oxygens (including phenoxy) is 1. The molecule has 88 valence electrons. The molecule has 0 bridgehead atoms. The zero-order chi connectivity index (χ0) is 11.5. The Labute approximate surface area is 99.4 Å². The molecule has 2 heterocycles. The Hall–Kier alpha value is -1.72. The fraction of sp³-hybridized carbons (Fsp3) is 0.333. The molecule has 0 radical (unpaired) electrons. The highest BCUT2D eigenvalue weighted by molar-refractivity contribution is 5.30. The third kappa shape index (κ3) is 2.20. The van der Waals surface area contributed by atoms with E-state index in [1.165, 1.54) is 0 Å². The van der Waals surface area contributed by atoms with Crippen LogP contribution >= 0.6 is 0 Å². The molecule has 3 rings (SSSR count). The van der Waals surface area contributed by atoms with Crippen molar-refractivity contribution in [1.29, 1.82) is 0 Å². The Morgan fingerprint density at radius 2 is 2.18 bits per heavy atom. The van der Waals surface area contributed by atoms with Crippen molar-refractivity contribution in [3.8, 4) is 5.69 Å². The minimum Gasteiger partial charge on any atom is -0.369 e. The highest BCUT2D eigenvalue weighted by Gasteiger charge is 2.18. The molecule has 2 aromatic rings. The lowest BCUT2D eigenvalue weighted by Gasteiger charge is -2.21. The molecule has 1 aromatic carbocycles. The van der Waals surface area contributed by atoms with Crippen LogP contribution in [0, 0.1) is 0 Å². The van der Waals surface area contributed by atoms with Gasteiger partial charge in [0.15, 0.2) is 0 Å². The lowest BCUT2D eigenvalue weighted by molar-refractivity contribution is 0.0249. The molecule has 1 fully saturated rings. The van der Waals surface area contributed by atoms with Crippen molar-refractivity contribution in [2.24, 2.45) is 0 Å². The summed E-state index contributed by atoms with van der Waals surface area (Å²) in [5.41, 5.74) is 1.89. The second kappa shape index (κ2) is 4.65. The Bertz CT molecular complexity index is 476. The van der Waals surface area contributed by atoms with E-state index >= 15 is 0 Å². The van der Waals surface area contributed by atoms with E-state index in [0.29, 0.717) is 0 Å². The van der Waals surface area contributed by atoms with E-state index in [4.69, 9.17) is 4.74 Å². The van der Waals surface area contributed by atoms with Gasteiger partial charge in [0.2, 0.25) is 0 Å². The summed E-state index contributed by atoms with van der Waals surface area (Å²) in [6.07, 6.45) is 1.94. The van der Waals surface area contributed by atoms with Gasteiger partial charge in [-0.2, -0.15) is 0 Å². The maximum Gasteiger partial charge on any atom is 0.115 e. The Morgan fingerprint density at radius 3 is 2.94 bits per heavy atom. The van der Waals surface area contributed by atoms with Crippen molar-refractivity contribution >= 4 is 0 Å². The van der Waals surface area contributed by atoms with Crippen LogP contribution in [0.3, 0.4) is 0 Å². The number of para-hydroxylation sites is 1. The number of hydrogen-bond donors (Lipinski definition) is 1. The number of morpholine rings is 1. The average Bonchev–Trinajstić information content (AvgIpc) is 2.90. The van der Waals surface area contributed by atoms with Crippen LogP contribution in [0.4, 0.5) is 0 Å². The van der Waals surface area contributed by atoms with Crippen LogP contribution in [-0.2, 0) is 4.74 Å². The van der Waals surface area contributed by atoms with E-state index in [1.807, 2.05) is 36.5 Å². The summed E-state index contributed by atoms with van der Waals surface area (Å²) in [6.45, 7) is 2.43. The average molecular weight is 230 g/mol. The van der Waals surface area contributed by atoms with Gasteiger partial charge in [-0.25, -0.2) is 4.68 Å². The first-order valence-electron chi connectivity index (χ1n) is 5.73. The number of nitrogens with zero attached hydrogens (tertiary/aromatic N) is 3. The van der Waals surface area contributed by atoms with Crippen molar-refractivity contribution in [1.82, 2.24) is 20.3 Å². The molecule has 0 aliphatic carbocycles. The number of hydrogen-bond acceptors (Lipinski definition) is 4. The molecule has 0 amide bonds. The van der Waals surface area contributed by atoms with Gasteiger partial charge < -0.3 is 10.1 Å². The zero-order valence-corrected chi connectivity index (χ0v) is 9.41. The molecule has 5 heteroatoms. The van der Waals surface area contributed by atoms with E-state index in [0.717, 1.165) is 31.1 Å². The summed E-state index contributed by atoms with van der Waals surface area (Å²) in [4.78, 5) is 0. The fourth-order valence-electron chi connectivity index (χ4n) is 1.89. The zero-order valence-electron chi connectivity index (χ0n) is 9.41. The first-order valence-corrected chi connectivity index (χ1v) is 5.73. The van der Waals surface area contributed by atoms with Gasteiger partial charge in [0.1, 0.15) is 11.8 Å². The minimum atomic E-state index is 0.0150. The molecular formula is C12H14N4O. The van der Waals surface area contributed by atoms with Gasteiger partial charge in [0, 0.05) is 13.1 Å². The third-order valence-electron chi connectivity index (χ3n) is 2.79.